The predicted octanol–water partition coefficient (Wildman–Crippen LogP) is 1.66. The highest BCUT2D eigenvalue weighted by atomic mass is 16.6. The van der Waals surface area contributed by atoms with Crippen LogP contribution >= 0.6 is 0 Å². The molecule has 0 atom stereocenters. The van der Waals surface area contributed by atoms with Crippen molar-refractivity contribution in [3.8, 4) is 5.69 Å². The lowest BCUT2D eigenvalue weighted by Crippen LogP contribution is -2.45. The van der Waals surface area contributed by atoms with Gasteiger partial charge in [0.15, 0.2) is 5.69 Å². The van der Waals surface area contributed by atoms with Gasteiger partial charge >= 0.3 is 0 Å². The summed E-state index contributed by atoms with van der Waals surface area (Å²) in [6, 6.07) is 7.45. The molecule has 0 saturated carbocycles. The summed E-state index contributed by atoms with van der Waals surface area (Å²) in [6.45, 7) is 4.79. The van der Waals surface area contributed by atoms with E-state index in [1.165, 1.54) is 16.8 Å². The van der Waals surface area contributed by atoms with E-state index in [1.807, 2.05) is 0 Å². The number of aryl methyl sites for hydroxylation is 1. The second kappa shape index (κ2) is 7.40. The van der Waals surface area contributed by atoms with Gasteiger partial charge in [-0.3, -0.25) is 19.7 Å². The largest absolute Gasteiger partial charge is 0.337 e. The number of likely N-dealkylation sites (tertiary alicyclic amines) is 1. The number of piperidine rings is 1. The Morgan fingerprint density at radius 3 is 2.62 bits per heavy atom. The molecule has 1 aromatic carbocycles. The standard InChI is InChI=1S/C20H23N5O4/c1-14-12-17(26)18(22-24(14)15-4-2-3-5-16(15)25(28)29)19(27)23-10-7-20(8-11-23)6-9-21-13-20/h2-5,12,21H,6-11,13H2,1H3. The van der Waals surface area contributed by atoms with Crippen LogP contribution in [0.4, 0.5) is 5.69 Å². The first-order chi connectivity index (χ1) is 13.9. The Morgan fingerprint density at radius 2 is 1.97 bits per heavy atom. The van der Waals surface area contributed by atoms with Crippen LogP contribution in [0.2, 0.25) is 0 Å². The normalized spacial score (nSPS) is 18.2. The quantitative estimate of drug-likeness (QED) is 0.623. The van der Waals surface area contributed by atoms with Gasteiger partial charge in [-0.2, -0.15) is 5.10 Å². The van der Waals surface area contributed by atoms with Crippen LogP contribution in [-0.2, 0) is 0 Å². The summed E-state index contributed by atoms with van der Waals surface area (Å²) >= 11 is 0. The number of rotatable bonds is 3. The molecule has 1 amide bonds. The Morgan fingerprint density at radius 1 is 1.24 bits per heavy atom. The van der Waals surface area contributed by atoms with E-state index in [1.54, 1.807) is 30.0 Å². The van der Waals surface area contributed by atoms with Crippen molar-refractivity contribution in [1.82, 2.24) is 20.0 Å². The van der Waals surface area contributed by atoms with Crippen molar-refractivity contribution in [3.05, 3.63) is 62.1 Å². The fraction of sp³-hybridized carbons (Fsp3) is 0.450. The smallest absolute Gasteiger partial charge is 0.294 e. The molecular formula is C20H23N5O4. The summed E-state index contributed by atoms with van der Waals surface area (Å²) < 4.78 is 1.30. The van der Waals surface area contributed by atoms with Crippen molar-refractivity contribution in [2.45, 2.75) is 26.2 Å². The number of amides is 1. The van der Waals surface area contributed by atoms with Crippen molar-refractivity contribution < 1.29 is 9.72 Å². The number of hydrogen-bond donors (Lipinski definition) is 1. The third kappa shape index (κ3) is 3.53. The number of nitrogens with zero attached hydrogens (tertiary/aromatic N) is 4. The number of nitro benzene ring substituents is 1. The molecule has 1 spiro atoms. The van der Waals surface area contributed by atoms with Crippen LogP contribution < -0.4 is 10.7 Å². The second-order valence-corrected chi connectivity index (χ2v) is 7.88. The van der Waals surface area contributed by atoms with Crippen LogP contribution in [0.3, 0.4) is 0 Å². The minimum absolute atomic E-state index is 0.140. The third-order valence-electron chi connectivity index (χ3n) is 6.06. The van der Waals surface area contributed by atoms with Crippen LogP contribution in [0, 0.1) is 22.5 Å². The predicted molar refractivity (Wildman–Crippen MR) is 106 cm³/mol. The van der Waals surface area contributed by atoms with Gasteiger partial charge in [-0.1, -0.05) is 12.1 Å². The number of benzene rings is 1. The Kier molecular flexibility index (Phi) is 4.91. The van der Waals surface area contributed by atoms with Gasteiger partial charge < -0.3 is 10.2 Å². The fourth-order valence-electron chi connectivity index (χ4n) is 4.29. The highest BCUT2D eigenvalue weighted by Crippen LogP contribution is 2.37. The van der Waals surface area contributed by atoms with E-state index in [-0.39, 0.29) is 22.5 Å². The number of aromatic nitrogens is 2. The maximum atomic E-state index is 13.0. The van der Waals surface area contributed by atoms with Gasteiger partial charge in [0.05, 0.1) is 4.92 Å². The topological polar surface area (TPSA) is 110 Å². The summed E-state index contributed by atoms with van der Waals surface area (Å²) in [5.41, 5.74) is 0.0925. The average Bonchev–Trinajstić information content (AvgIpc) is 3.16. The van der Waals surface area contributed by atoms with Crippen LogP contribution in [0.5, 0.6) is 0 Å². The van der Waals surface area contributed by atoms with E-state index in [2.05, 4.69) is 10.4 Å². The van der Waals surface area contributed by atoms with E-state index in [4.69, 9.17) is 0 Å². The summed E-state index contributed by atoms with van der Waals surface area (Å²) in [6.07, 6.45) is 2.91. The number of carbonyl (C=O) groups is 1. The van der Waals surface area contributed by atoms with Crippen molar-refractivity contribution in [2.24, 2.45) is 5.41 Å². The van der Waals surface area contributed by atoms with Gasteiger partial charge in [0.2, 0.25) is 5.43 Å². The molecule has 29 heavy (non-hydrogen) atoms. The van der Waals surface area contributed by atoms with Gasteiger partial charge in [0.25, 0.3) is 11.6 Å². The molecule has 0 bridgehead atoms. The Bertz CT molecular complexity index is 1020. The van der Waals surface area contributed by atoms with Crippen LogP contribution in [0.25, 0.3) is 5.69 Å². The molecule has 0 aliphatic carbocycles. The lowest BCUT2D eigenvalue weighted by atomic mass is 9.78. The molecule has 2 aromatic rings. The second-order valence-electron chi connectivity index (χ2n) is 7.88. The zero-order valence-electron chi connectivity index (χ0n) is 16.3. The monoisotopic (exact) mass is 397 g/mol. The summed E-state index contributed by atoms with van der Waals surface area (Å²) in [5, 5.41) is 19.0. The molecule has 1 N–H and O–H groups in total. The molecule has 0 unspecified atom stereocenters. The summed E-state index contributed by atoms with van der Waals surface area (Å²) in [5.74, 6) is -0.414. The first-order valence-electron chi connectivity index (χ1n) is 9.75. The van der Waals surface area contributed by atoms with Gasteiger partial charge in [-0.15, -0.1) is 0 Å². The molecule has 152 valence electrons. The van der Waals surface area contributed by atoms with Gasteiger partial charge in [0, 0.05) is 37.5 Å². The molecule has 2 fully saturated rings. The molecule has 9 heteroatoms. The molecule has 2 aliphatic rings. The molecule has 1 aromatic heterocycles. The Balaban J connectivity index is 1.65. The number of para-hydroxylation sites is 2. The molecule has 9 nitrogen and oxygen atoms in total. The van der Waals surface area contributed by atoms with Crippen molar-refractivity contribution >= 4 is 11.6 Å². The SMILES string of the molecule is Cc1cc(=O)c(C(=O)N2CCC3(CCNC3)CC2)nn1-c1ccccc1[N+](=O)[O-]. The zero-order valence-corrected chi connectivity index (χ0v) is 16.3. The first-order valence-corrected chi connectivity index (χ1v) is 9.75. The molecule has 3 heterocycles. The van der Waals surface area contributed by atoms with Crippen LogP contribution in [0.15, 0.2) is 35.1 Å². The van der Waals surface area contributed by atoms with Crippen LogP contribution in [-0.4, -0.2) is 51.7 Å². The molecule has 0 radical (unpaired) electrons. The van der Waals surface area contributed by atoms with E-state index < -0.39 is 16.3 Å². The summed E-state index contributed by atoms with van der Waals surface area (Å²) in [7, 11) is 0. The van der Waals surface area contributed by atoms with Gasteiger partial charge in [-0.25, -0.2) is 4.68 Å². The van der Waals surface area contributed by atoms with Gasteiger partial charge in [0.1, 0.15) is 5.69 Å². The number of nitrogens with one attached hydrogen (secondary N) is 1. The highest BCUT2D eigenvalue weighted by Gasteiger charge is 2.38. The summed E-state index contributed by atoms with van der Waals surface area (Å²) in [4.78, 5) is 38.1. The highest BCUT2D eigenvalue weighted by molar-refractivity contribution is 5.92. The zero-order chi connectivity index (χ0) is 20.6. The maximum Gasteiger partial charge on any atom is 0.294 e. The van der Waals surface area contributed by atoms with E-state index >= 15 is 0 Å². The molecule has 2 saturated heterocycles. The van der Waals surface area contributed by atoms with Crippen molar-refractivity contribution in [1.29, 1.82) is 0 Å². The minimum Gasteiger partial charge on any atom is -0.337 e. The molecule has 4 rings (SSSR count). The number of nitro groups is 1. The first kappa shape index (κ1) is 19.3. The average molecular weight is 397 g/mol. The molecule has 2 aliphatic heterocycles. The van der Waals surface area contributed by atoms with E-state index in [9.17, 15) is 19.7 Å². The lowest BCUT2D eigenvalue weighted by Gasteiger charge is -2.38. The van der Waals surface area contributed by atoms with E-state index in [0.29, 0.717) is 18.8 Å². The van der Waals surface area contributed by atoms with Crippen molar-refractivity contribution in [3.63, 3.8) is 0 Å². The fourth-order valence-corrected chi connectivity index (χ4v) is 4.29. The number of hydrogen-bond acceptors (Lipinski definition) is 6. The maximum absolute atomic E-state index is 13.0. The van der Waals surface area contributed by atoms with E-state index in [0.717, 1.165) is 32.4 Å². The van der Waals surface area contributed by atoms with Crippen LogP contribution in [0.1, 0.15) is 35.4 Å². The minimum atomic E-state index is -0.504. The lowest BCUT2D eigenvalue weighted by molar-refractivity contribution is -0.384. The molecular weight excluding hydrogens is 374 g/mol. The Hall–Kier alpha value is -3.07. The third-order valence-corrected chi connectivity index (χ3v) is 6.06. The van der Waals surface area contributed by atoms with Crippen molar-refractivity contribution in [2.75, 3.05) is 26.2 Å². The van der Waals surface area contributed by atoms with Gasteiger partial charge in [-0.05, 0) is 44.2 Å². The number of carbonyl (C=O) groups excluding carboxylic acids is 1. The Labute approximate surface area is 167 Å².